The molecule has 0 fully saturated rings. The molecule has 1 N–H and O–H groups in total. The van der Waals surface area contributed by atoms with Crippen molar-refractivity contribution in [1.82, 2.24) is 9.97 Å². The first-order chi connectivity index (χ1) is 6.95. The van der Waals surface area contributed by atoms with Crippen LogP contribution in [0.2, 0.25) is 0 Å². The average molecular weight is 184 g/mol. The van der Waals surface area contributed by atoms with Crippen LogP contribution < -0.4 is 0 Å². The van der Waals surface area contributed by atoms with Gasteiger partial charge in [-0.15, -0.1) is 0 Å². The monoisotopic (exact) mass is 184 g/mol. The summed E-state index contributed by atoms with van der Waals surface area (Å²) in [5.74, 6) is 1.59. The lowest BCUT2D eigenvalue weighted by Crippen LogP contribution is -1.97. The Balaban J connectivity index is 2.06. The van der Waals surface area contributed by atoms with E-state index in [-0.39, 0.29) is 0 Å². The largest absolute Gasteiger partial charge is 0.348 e. The van der Waals surface area contributed by atoms with E-state index in [0.717, 1.165) is 5.82 Å². The minimum absolute atomic E-state index is 0.487. The molecular weight excluding hydrogens is 172 g/mol. The van der Waals surface area contributed by atoms with Crippen molar-refractivity contribution >= 4 is 0 Å². The molecule has 0 saturated carbocycles. The highest BCUT2D eigenvalue weighted by molar-refractivity contribution is 5.38. The summed E-state index contributed by atoms with van der Waals surface area (Å²) >= 11 is 0. The van der Waals surface area contributed by atoms with Crippen molar-refractivity contribution in [2.45, 2.75) is 18.8 Å². The number of aryl methyl sites for hydroxylation is 1. The van der Waals surface area contributed by atoms with Crippen molar-refractivity contribution in [3.8, 4) is 0 Å². The van der Waals surface area contributed by atoms with E-state index in [1.165, 1.54) is 24.0 Å². The van der Waals surface area contributed by atoms with Gasteiger partial charge in [-0.3, -0.25) is 0 Å². The van der Waals surface area contributed by atoms with Gasteiger partial charge in [-0.05, 0) is 24.0 Å². The third kappa shape index (κ3) is 1.07. The SMILES string of the molecule is c1ccc2c(c1)CCC2c1ncc[nH]1. The lowest BCUT2D eigenvalue weighted by atomic mass is 10.0. The van der Waals surface area contributed by atoms with Crippen LogP contribution in [0, 0.1) is 0 Å². The van der Waals surface area contributed by atoms with E-state index in [9.17, 15) is 0 Å². The molecule has 1 aliphatic carbocycles. The Labute approximate surface area is 83.0 Å². The zero-order valence-electron chi connectivity index (χ0n) is 7.90. The van der Waals surface area contributed by atoms with E-state index < -0.39 is 0 Å². The predicted octanol–water partition coefficient (Wildman–Crippen LogP) is 2.49. The molecule has 0 aliphatic heterocycles. The van der Waals surface area contributed by atoms with Gasteiger partial charge < -0.3 is 4.98 Å². The van der Waals surface area contributed by atoms with Gasteiger partial charge in [0.15, 0.2) is 0 Å². The molecule has 2 heteroatoms. The molecule has 14 heavy (non-hydrogen) atoms. The third-order valence-corrected chi connectivity index (χ3v) is 2.98. The van der Waals surface area contributed by atoms with E-state index in [1.54, 1.807) is 0 Å². The average Bonchev–Trinajstić information content (AvgIpc) is 2.85. The maximum Gasteiger partial charge on any atom is 0.113 e. The second kappa shape index (κ2) is 2.98. The summed E-state index contributed by atoms with van der Waals surface area (Å²) in [5, 5.41) is 0. The molecule has 0 bridgehead atoms. The van der Waals surface area contributed by atoms with Crippen LogP contribution in [0.15, 0.2) is 36.7 Å². The zero-order chi connectivity index (χ0) is 9.38. The molecule has 1 unspecified atom stereocenters. The van der Waals surface area contributed by atoms with Crippen LogP contribution in [0.4, 0.5) is 0 Å². The van der Waals surface area contributed by atoms with Gasteiger partial charge >= 0.3 is 0 Å². The second-order valence-corrected chi connectivity index (χ2v) is 3.76. The predicted molar refractivity (Wildman–Crippen MR) is 55.2 cm³/mol. The molecule has 0 radical (unpaired) electrons. The highest BCUT2D eigenvalue weighted by atomic mass is 14.9. The van der Waals surface area contributed by atoms with E-state index in [2.05, 4.69) is 34.2 Å². The number of rotatable bonds is 1. The second-order valence-electron chi connectivity index (χ2n) is 3.76. The summed E-state index contributed by atoms with van der Waals surface area (Å²) in [6.07, 6.45) is 6.10. The van der Waals surface area contributed by atoms with Crippen molar-refractivity contribution in [2.24, 2.45) is 0 Å². The Morgan fingerprint density at radius 3 is 3.07 bits per heavy atom. The first kappa shape index (κ1) is 7.80. The first-order valence-corrected chi connectivity index (χ1v) is 5.02. The minimum atomic E-state index is 0.487. The molecule has 1 heterocycles. The molecule has 70 valence electrons. The van der Waals surface area contributed by atoms with Gasteiger partial charge in [0.1, 0.15) is 5.82 Å². The maximum atomic E-state index is 4.34. The van der Waals surface area contributed by atoms with Crippen molar-refractivity contribution < 1.29 is 0 Å². The fourth-order valence-corrected chi connectivity index (χ4v) is 2.31. The van der Waals surface area contributed by atoms with Gasteiger partial charge in [-0.2, -0.15) is 0 Å². The van der Waals surface area contributed by atoms with Gasteiger partial charge in [0, 0.05) is 18.3 Å². The standard InChI is InChI=1S/C12H12N2/c1-2-4-10-9(3-1)5-6-11(10)12-13-7-8-14-12/h1-4,7-8,11H,5-6H2,(H,13,14). The van der Waals surface area contributed by atoms with Gasteiger partial charge in [0.25, 0.3) is 0 Å². The van der Waals surface area contributed by atoms with Crippen LogP contribution in [0.5, 0.6) is 0 Å². The van der Waals surface area contributed by atoms with Gasteiger partial charge in [0.2, 0.25) is 0 Å². The normalized spacial score (nSPS) is 19.6. The number of imidazole rings is 1. The Morgan fingerprint density at radius 1 is 1.29 bits per heavy atom. The van der Waals surface area contributed by atoms with Crippen LogP contribution in [0.1, 0.15) is 29.3 Å². The van der Waals surface area contributed by atoms with Crippen molar-refractivity contribution in [3.63, 3.8) is 0 Å². The van der Waals surface area contributed by atoms with Crippen LogP contribution in [0.3, 0.4) is 0 Å². The molecule has 0 amide bonds. The molecule has 2 nitrogen and oxygen atoms in total. The van der Waals surface area contributed by atoms with Crippen LogP contribution in [-0.4, -0.2) is 9.97 Å². The number of aromatic nitrogens is 2. The summed E-state index contributed by atoms with van der Waals surface area (Å²) in [7, 11) is 0. The molecule has 3 rings (SSSR count). The summed E-state index contributed by atoms with van der Waals surface area (Å²) in [6.45, 7) is 0. The molecule has 1 aliphatic rings. The van der Waals surface area contributed by atoms with E-state index in [0.29, 0.717) is 5.92 Å². The Kier molecular flexibility index (Phi) is 1.66. The zero-order valence-corrected chi connectivity index (χ0v) is 7.90. The van der Waals surface area contributed by atoms with Crippen LogP contribution in [-0.2, 0) is 6.42 Å². The quantitative estimate of drug-likeness (QED) is 0.724. The lowest BCUT2D eigenvalue weighted by Gasteiger charge is -2.07. The summed E-state index contributed by atoms with van der Waals surface area (Å²) in [6, 6.07) is 8.66. The first-order valence-electron chi connectivity index (χ1n) is 5.02. The maximum absolute atomic E-state index is 4.34. The Morgan fingerprint density at radius 2 is 2.21 bits per heavy atom. The molecule has 2 aromatic rings. The number of hydrogen-bond acceptors (Lipinski definition) is 1. The Bertz CT molecular complexity index is 431. The number of benzene rings is 1. The molecule has 0 spiro atoms. The number of nitrogens with one attached hydrogen (secondary N) is 1. The Hall–Kier alpha value is -1.57. The fourth-order valence-electron chi connectivity index (χ4n) is 2.31. The van der Waals surface area contributed by atoms with Gasteiger partial charge in [-0.1, -0.05) is 24.3 Å². The lowest BCUT2D eigenvalue weighted by molar-refractivity contribution is 0.741. The van der Waals surface area contributed by atoms with E-state index in [4.69, 9.17) is 0 Å². The molecule has 1 atom stereocenters. The highest BCUT2D eigenvalue weighted by Crippen LogP contribution is 2.35. The topological polar surface area (TPSA) is 28.7 Å². The summed E-state index contributed by atoms with van der Waals surface area (Å²) in [5.41, 5.74) is 2.93. The molecular formula is C12H12N2. The molecule has 1 aromatic heterocycles. The molecule has 0 saturated heterocycles. The van der Waals surface area contributed by atoms with Crippen molar-refractivity contribution in [3.05, 3.63) is 53.6 Å². The number of nitrogens with zero attached hydrogens (tertiary/aromatic N) is 1. The molecule has 1 aromatic carbocycles. The fraction of sp³-hybridized carbons (Fsp3) is 0.250. The number of aromatic amines is 1. The van der Waals surface area contributed by atoms with Crippen molar-refractivity contribution in [1.29, 1.82) is 0 Å². The van der Waals surface area contributed by atoms with Crippen molar-refractivity contribution in [2.75, 3.05) is 0 Å². The van der Waals surface area contributed by atoms with Gasteiger partial charge in [0.05, 0.1) is 0 Å². The van der Waals surface area contributed by atoms with Crippen LogP contribution >= 0.6 is 0 Å². The van der Waals surface area contributed by atoms with E-state index in [1.807, 2.05) is 12.4 Å². The number of fused-ring (bicyclic) bond motifs is 1. The highest BCUT2D eigenvalue weighted by Gasteiger charge is 2.24. The number of hydrogen-bond donors (Lipinski definition) is 1. The number of H-pyrrole nitrogens is 1. The smallest absolute Gasteiger partial charge is 0.113 e. The van der Waals surface area contributed by atoms with Crippen LogP contribution in [0.25, 0.3) is 0 Å². The van der Waals surface area contributed by atoms with E-state index >= 15 is 0 Å². The minimum Gasteiger partial charge on any atom is -0.348 e. The summed E-state index contributed by atoms with van der Waals surface area (Å²) in [4.78, 5) is 7.55. The summed E-state index contributed by atoms with van der Waals surface area (Å²) < 4.78 is 0. The van der Waals surface area contributed by atoms with Gasteiger partial charge in [-0.25, -0.2) is 4.98 Å². The third-order valence-electron chi connectivity index (χ3n) is 2.98.